The van der Waals surface area contributed by atoms with Crippen LogP contribution in [0, 0.1) is 17.8 Å². The number of ether oxygens (including phenoxy) is 1. The van der Waals surface area contributed by atoms with E-state index in [1.807, 2.05) is 12.1 Å². The molecule has 2 heteroatoms. The molecule has 1 aromatic carbocycles. The molecule has 1 N–H and O–H groups in total. The third-order valence-electron chi connectivity index (χ3n) is 3.84. The van der Waals surface area contributed by atoms with Crippen molar-refractivity contribution in [2.24, 2.45) is 17.8 Å². The number of nitrogens with one attached hydrogen (secondary N) is 1. The monoisotopic (exact) mass is 263 g/mol. The third kappa shape index (κ3) is 5.65. The molecule has 2 nitrogen and oxygen atoms in total. The Morgan fingerprint density at radius 2 is 1.58 bits per heavy atom. The summed E-state index contributed by atoms with van der Waals surface area (Å²) in [5.74, 6) is 3.18. The maximum atomic E-state index is 5.16. The van der Waals surface area contributed by atoms with Crippen molar-refractivity contribution in [3.05, 3.63) is 29.8 Å². The highest BCUT2D eigenvalue weighted by molar-refractivity contribution is 5.27. The summed E-state index contributed by atoms with van der Waals surface area (Å²) >= 11 is 0. The first-order chi connectivity index (χ1) is 9.04. The van der Waals surface area contributed by atoms with Gasteiger partial charge in [0.25, 0.3) is 0 Å². The number of hydrogen-bond donors (Lipinski definition) is 1. The Labute approximate surface area is 118 Å². The highest BCUT2D eigenvalue weighted by Gasteiger charge is 2.16. The van der Waals surface area contributed by atoms with Crippen LogP contribution in [0.1, 0.15) is 33.3 Å². The molecule has 0 aromatic heterocycles. The smallest absolute Gasteiger partial charge is 0.118 e. The van der Waals surface area contributed by atoms with Crippen LogP contribution in [0.5, 0.6) is 5.75 Å². The molecule has 0 aliphatic heterocycles. The largest absolute Gasteiger partial charge is 0.497 e. The average molecular weight is 263 g/mol. The first-order valence-electron chi connectivity index (χ1n) is 7.38. The second-order valence-electron chi connectivity index (χ2n) is 5.95. The van der Waals surface area contributed by atoms with Gasteiger partial charge < -0.3 is 10.1 Å². The van der Waals surface area contributed by atoms with Gasteiger partial charge in [-0.15, -0.1) is 0 Å². The molecule has 0 fully saturated rings. The van der Waals surface area contributed by atoms with Crippen LogP contribution < -0.4 is 10.1 Å². The van der Waals surface area contributed by atoms with Gasteiger partial charge >= 0.3 is 0 Å². The van der Waals surface area contributed by atoms with Gasteiger partial charge in [0, 0.05) is 0 Å². The van der Waals surface area contributed by atoms with E-state index in [9.17, 15) is 0 Å². The summed E-state index contributed by atoms with van der Waals surface area (Å²) < 4.78 is 5.16. The molecule has 1 rings (SSSR count). The Morgan fingerprint density at radius 1 is 1.00 bits per heavy atom. The summed E-state index contributed by atoms with van der Waals surface area (Å²) in [5, 5.41) is 3.59. The van der Waals surface area contributed by atoms with Crippen LogP contribution in [0.25, 0.3) is 0 Å². The van der Waals surface area contributed by atoms with Crippen LogP contribution in [-0.4, -0.2) is 20.2 Å². The number of hydrogen-bond acceptors (Lipinski definition) is 2. The maximum Gasteiger partial charge on any atom is 0.118 e. The lowest BCUT2D eigenvalue weighted by Crippen LogP contribution is -2.31. The molecule has 0 spiro atoms. The van der Waals surface area contributed by atoms with Crippen LogP contribution in [0.2, 0.25) is 0 Å². The molecule has 0 aliphatic rings. The fraction of sp³-hybridized carbons (Fsp3) is 0.647. The van der Waals surface area contributed by atoms with Crippen molar-refractivity contribution in [1.29, 1.82) is 0 Å². The molecule has 0 aliphatic carbocycles. The molecule has 19 heavy (non-hydrogen) atoms. The second kappa shape index (κ2) is 8.21. The molecule has 0 amide bonds. The van der Waals surface area contributed by atoms with E-state index in [2.05, 4.69) is 45.1 Å². The minimum atomic E-state index is 0.744. The quantitative estimate of drug-likeness (QED) is 0.721. The molecule has 0 unspecified atom stereocenters. The lowest BCUT2D eigenvalue weighted by Gasteiger charge is -2.25. The summed E-state index contributed by atoms with van der Waals surface area (Å²) in [7, 11) is 1.70. The highest BCUT2D eigenvalue weighted by Crippen LogP contribution is 2.19. The van der Waals surface area contributed by atoms with Crippen molar-refractivity contribution >= 4 is 0 Å². The molecule has 0 atom stereocenters. The van der Waals surface area contributed by atoms with E-state index in [4.69, 9.17) is 4.74 Å². The lowest BCUT2D eigenvalue weighted by molar-refractivity contribution is 0.277. The molecule has 1 aromatic rings. The van der Waals surface area contributed by atoms with Gasteiger partial charge in [0.15, 0.2) is 0 Å². The molecule has 0 radical (unpaired) electrons. The van der Waals surface area contributed by atoms with Crippen molar-refractivity contribution < 1.29 is 4.74 Å². The van der Waals surface area contributed by atoms with Gasteiger partial charge in [0.2, 0.25) is 0 Å². The molecule has 0 saturated carbocycles. The van der Waals surface area contributed by atoms with Gasteiger partial charge in [-0.1, -0.05) is 39.8 Å². The van der Waals surface area contributed by atoms with Crippen LogP contribution in [0.15, 0.2) is 24.3 Å². The number of benzene rings is 1. The van der Waals surface area contributed by atoms with Crippen molar-refractivity contribution in [1.82, 2.24) is 5.32 Å². The molecular formula is C17H29NO. The van der Waals surface area contributed by atoms with Crippen LogP contribution in [-0.2, 0) is 6.42 Å². The van der Waals surface area contributed by atoms with E-state index in [1.165, 1.54) is 5.56 Å². The van der Waals surface area contributed by atoms with E-state index in [0.717, 1.165) is 43.0 Å². The van der Waals surface area contributed by atoms with Gasteiger partial charge in [-0.2, -0.15) is 0 Å². The fourth-order valence-electron chi connectivity index (χ4n) is 2.53. The fourth-order valence-corrected chi connectivity index (χ4v) is 2.53. The first kappa shape index (κ1) is 16.0. The maximum absolute atomic E-state index is 5.16. The summed E-state index contributed by atoms with van der Waals surface area (Å²) in [4.78, 5) is 0. The molecule has 0 saturated heterocycles. The van der Waals surface area contributed by atoms with Crippen LogP contribution in [0.3, 0.4) is 0 Å². The van der Waals surface area contributed by atoms with Crippen molar-refractivity contribution in [3.63, 3.8) is 0 Å². The summed E-state index contributed by atoms with van der Waals surface area (Å²) in [5.41, 5.74) is 1.36. The predicted octanol–water partition coefficient (Wildman–Crippen LogP) is 3.76. The average Bonchev–Trinajstić information content (AvgIpc) is 2.38. The van der Waals surface area contributed by atoms with Crippen LogP contribution >= 0.6 is 0 Å². The molecule has 0 heterocycles. The molecule has 0 bridgehead atoms. The Balaban J connectivity index is 2.29. The van der Waals surface area contributed by atoms with E-state index in [0.29, 0.717) is 0 Å². The summed E-state index contributed by atoms with van der Waals surface area (Å²) in [6.07, 6.45) is 1.08. The Hall–Kier alpha value is -1.02. The third-order valence-corrected chi connectivity index (χ3v) is 3.84. The van der Waals surface area contributed by atoms with Crippen LogP contribution in [0.4, 0.5) is 0 Å². The Morgan fingerprint density at radius 3 is 2.05 bits per heavy atom. The zero-order valence-corrected chi connectivity index (χ0v) is 13.1. The predicted molar refractivity (Wildman–Crippen MR) is 82.7 cm³/mol. The van der Waals surface area contributed by atoms with E-state index in [1.54, 1.807) is 7.11 Å². The number of rotatable bonds is 8. The summed E-state index contributed by atoms with van der Waals surface area (Å²) in [6.45, 7) is 11.4. The minimum absolute atomic E-state index is 0.744. The van der Waals surface area contributed by atoms with E-state index >= 15 is 0 Å². The standard InChI is InChI=1S/C17H29NO/c1-13(2)17(14(3)4)12-18-11-10-15-6-8-16(19-5)9-7-15/h6-9,13-14,17-18H,10-12H2,1-5H3. The number of methoxy groups -OCH3 is 1. The van der Waals surface area contributed by atoms with E-state index < -0.39 is 0 Å². The molecule has 108 valence electrons. The Bertz CT molecular complexity index is 335. The SMILES string of the molecule is COc1ccc(CCNCC(C(C)C)C(C)C)cc1. The highest BCUT2D eigenvalue weighted by atomic mass is 16.5. The normalized spacial score (nSPS) is 11.6. The van der Waals surface area contributed by atoms with E-state index in [-0.39, 0.29) is 0 Å². The lowest BCUT2D eigenvalue weighted by atomic mass is 9.85. The van der Waals surface area contributed by atoms with Crippen molar-refractivity contribution in [2.45, 2.75) is 34.1 Å². The minimum Gasteiger partial charge on any atom is -0.497 e. The van der Waals surface area contributed by atoms with Gasteiger partial charge in [-0.25, -0.2) is 0 Å². The Kier molecular flexibility index (Phi) is 6.93. The van der Waals surface area contributed by atoms with Gasteiger partial charge in [0.1, 0.15) is 5.75 Å². The first-order valence-corrected chi connectivity index (χ1v) is 7.38. The molecular weight excluding hydrogens is 234 g/mol. The van der Waals surface area contributed by atoms with Gasteiger partial charge in [-0.3, -0.25) is 0 Å². The second-order valence-corrected chi connectivity index (χ2v) is 5.95. The zero-order valence-electron chi connectivity index (χ0n) is 13.1. The summed E-state index contributed by atoms with van der Waals surface area (Å²) in [6, 6.07) is 8.34. The van der Waals surface area contributed by atoms with Gasteiger partial charge in [-0.05, 0) is 55.0 Å². The zero-order chi connectivity index (χ0) is 14.3. The van der Waals surface area contributed by atoms with Crippen molar-refractivity contribution in [3.8, 4) is 5.75 Å². The topological polar surface area (TPSA) is 21.3 Å². The van der Waals surface area contributed by atoms with Gasteiger partial charge in [0.05, 0.1) is 7.11 Å². The van der Waals surface area contributed by atoms with Crippen molar-refractivity contribution in [2.75, 3.05) is 20.2 Å².